The van der Waals surface area contributed by atoms with Gasteiger partial charge in [0.25, 0.3) is 0 Å². The van der Waals surface area contributed by atoms with Crippen LogP contribution in [-0.4, -0.2) is 140 Å². The Labute approximate surface area is 447 Å². The van der Waals surface area contributed by atoms with Crippen LogP contribution in [0.5, 0.6) is 0 Å². The van der Waals surface area contributed by atoms with Gasteiger partial charge in [-0.25, -0.2) is 0 Å². The number of carbonyl (C=O) groups excluding carboxylic acids is 1. The third kappa shape index (κ3) is 31.0. The van der Waals surface area contributed by atoms with Crippen LogP contribution < -0.4 is 5.32 Å². The summed E-state index contributed by atoms with van der Waals surface area (Å²) >= 11 is 0. The lowest BCUT2D eigenvalue weighted by Crippen LogP contribution is -2.65. The largest absolute Gasteiger partial charge is 0.394 e. The zero-order valence-electron chi connectivity index (χ0n) is 45.8. The summed E-state index contributed by atoms with van der Waals surface area (Å²) in [6.45, 7) is 2.63. The highest BCUT2D eigenvalue weighted by atomic mass is 16.7. The van der Waals surface area contributed by atoms with Crippen LogP contribution in [0.1, 0.15) is 206 Å². The molecule has 9 N–H and O–H groups in total. The molecular formula is C60H105NO13. The number of unbranched alkanes of at least 4 members (excludes halogenated alkanes) is 22. The molecule has 0 radical (unpaired) electrons. The van der Waals surface area contributed by atoms with Gasteiger partial charge in [-0.15, -0.1) is 0 Å². The molecule has 0 aromatic carbocycles. The molecule has 2 fully saturated rings. The lowest BCUT2D eigenvalue weighted by atomic mass is 9.97. The quantitative estimate of drug-likeness (QED) is 0.0205. The monoisotopic (exact) mass is 1050 g/mol. The van der Waals surface area contributed by atoms with Crippen LogP contribution in [0.3, 0.4) is 0 Å². The Bertz CT molecular complexity index is 1520. The Morgan fingerprint density at radius 3 is 1.43 bits per heavy atom. The predicted molar refractivity (Wildman–Crippen MR) is 295 cm³/mol. The number of rotatable bonds is 45. The Morgan fingerprint density at radius 2 is 0.932 bits per heavy atom. The predicted octanol–water partition coefficient (Wildman–Crippen LogP) is 9.55. The molecular weight excluding hydrogens is 943 g/mol. The number of carbonyl (C=O) groups is 1. The number of allylic oxidation sites excluding steroid dienone is 11. The highest BCUT2D eigenvalue weighted by molar-refractivity contribution is 5.76. The standard InChI is InChI=1S/C60H105NO13/c1-3-5-7-9-11-13-14-15-16-17-18-19-20-21-22-23-24-25-26-27-28-29-30-31-32-33-34-36-38-40-42-44-52(65)61-48(49(64)43-41-39-37-35-12-10-8-6-4-2)47-71-59-57(70)55(68)58(51(46-63)73-59)74-60-56(69)54(67)53(66)50(45-62)72-60/h5,7,11,13,15-16,18-19,21-22,41,43,48-51,53-60,62-64,66-70H,3-4,6,8-10,12,14,17,20,23-40,42,44-47H2,1-2H3,(H,61,65)/b7-5-,13-11-,16-15-,19-18-,22-21-,43-41+. The maximum absolute atomic E-state index is 13.2. The zero-order chi connectivity index (χ0) is 53.9. The molecule has 1 amide bonds. The van der Waals surface area contributed by atoms with E-state index in [-0.39, 0.29) is 18.9 Å². The summed E-state index contributed by atoms with van der Waals surface area (Å²) in [7, 11) is 0. The van der Waals surface area contributed by atoms with E-state index in [0.29, 0.717) is 6.42 Å². The molecule has 2 aliphatic heterocycles. The second kappa shape index (κ2) is 45.4. The Morgan fingerprint density at radius 1 is 0.500 bits per heavy atom. The molecule has 428 valence electrons. The van der Waals surface area contributed by atoms with Crippen molar-refractivity contribution in [3.05, 3.63) is 72.9 Å². The molecule has 12 atom stereocenters. The number of amides is 1. The van der Waals surface area contributed by atoms with E-state index in [1.54, 1.807) is 6.08 Å². The fraction of sp³-hybridized carbons (Fsp3) is 0.783. The molecule has 0 saturated carbocycles. The number of ether oxygens (including phenoxy) is 4. The molecule has 0 aliphatic carbocycles. The second-order valence-corrected chi connectivity index (χ2v) is 20.4. The van der Waals surface area contributed by atoms with Crippen LogP contribution >= 0.6 is 0 Å². The van der Waals surface area contributed by atoms with Gasteiger partial charge in [0.2, 0.25) is 5.91 Å². The number of nitrogens with one attached hydrogen (secondary N) is 1. The third-order valence-corrected chi connectivity index (χ3v) is 13.9. The lowest BCUT2D eigenvalue weighted by molar-refractivity contribution is -0.359. The molecule has 2 heterocycles. The molecule has 0 aromatic rings. The van der Waals surface area contributed by atoms with Gasteiger partial charge in [-0.1, -0.05) is 209 Å². The molecule has 14 heteroatoms. The molecule has 74 heavy (non-hydrogen) atoms. The molecule has 2 rings (SSSR count). The van der Waals surface area contributed by atoms with Gasteiger partial charge in [-0.2, -0.15) is 0 Å². The summed E-state index contributed by atoms with van der Waals surface area (Å²) in [4.78, 5) is 13.2. The minimum absolute atomic E-state index is 0.245. The highest BCUT2D eigenvalue weighted by Gasteiger charge is 2.51. The van der Waals surface area contributed by atoms with Gasteiger partial charge < -0.3 is 65.1 Å². The van der Waals surface area contributed by atoms with Crippen molar-refractivity contribution in [3.8, 4) is 0 Å². The summed E-state index contributed by atoms with van der Waals surface area (Å²) in [6, 6.07) is -0.915. The van der Waals surface area contributed by atoms with Crippen LogP contribution in [0, 0.1) is 0 Å². The summed E-state index contributed by atoms with van der Waals surface area (Å²) < 4.78 is 22.7. The van der Waals surface area contributed by atoms with Crippen LogP contribution in [0.4, 0.5) is 0 Å². The van der Waals surface area contributed by atoms with Crippen LogP contribution in [-0.2, 0) is 23.7 Å². The van der Waals surface area contributed by atoms with E-state index < -0.39 is 86.8 Å². The minimum Gasteiger partial charge on any atom is -0.394 e. The van der Waals surface area contributed by atoms with Gasteiger partial charge in [-0.05, 0) is 64.2 Å². The van der Waals surface area contributed by atoms with Crippen molar-refractivity contribution in [1.82, 2.24) is 5.32 Å². The van der Waals surface area contributed by atoms with E-state index in [2.05, 4.69) is 79.9 Å². The first-order chi connectivity index (χ1) is 36.1. The van der Waals surface area contributed by atoms with Gasteiger partial charge in [-0.3, -0.25) is 4.79 Å². The number of aliphatic hydroxyl groups is 8. The van der Waals surface area contributed by atoms with Crippen LogP contribution in [0.15, 0.2) is 72.9 Å². The van der Waals surface area contributed by atoms with E-state index in [1.807, 2.05) is 6.08 Å². The normalized spacial score (nSPS) is 25.8. The van der Waals surface area contributed by atoms with E-state index in [4.69, 9.17) is 18.9 Å². The summed E-state index contributed by atoms with van der Waals surface area (Å²) in [5.74, 6) is -0.245. The molecule has 0 spiro atoms. The van der Waals surface area contributed by atoms with Crippen molar-refractivity contribution in [2.45, 2.75) is 280 Å². The first kappa shape index (κ1) is 67.5. The molecule has 2 saturated heterocycles. The van der Waals surface area contributed by atoms with Crippen molar-refractivity contribution >= 4 is 5.91 Å². The fourth-order valence-corrected chi connectivity index (χ4v) is 9.20. The lowest BCUT2D eigenvalue weighted by Gasteiger charge is -2.46. The van der Waals surface area contributed by atoms with Crippen molar-refractivity contribution in [1.29, 1.82) is 0 Å². The summed E-state index contributed by atoms with van der Waals surface area (Å²) in [6.07, 6.45) is 42.6. The van der Waals surface area contributed by atoms with Gasteiger partial charge in [0.05, 0.1) is 32.0 Å². The first-order valence-electron chi connectivity index (χ1n) is 29.2. The van der Waals surface area contributed by atoms with E-state index in [9.17, 15) is 45.6 Å². The Hall–Kier alpha value is -2.57. The molecule has 0 aromatic heterocycles. The third-order valence-electron chi connectivity index (χ3n) is 13.9. The zero-order valence-corrected chi connectivity index (χ0v) is 45.8. The first-order valence-corrected chi connectivity index (χ1v) is 29.2. The Kier molecular flexibility index (Phi) is 41.5. The second-order valence-electron chi connectivity index (χ2n) is 20.4. The summed E-state index contributed by atoms with van der Waals surface area (Å²) in [5, 5.41) is 86.7. The SMILES string of the molecule is CC/C=C\C/C=C\C/C=C\C/C=C\C/C=C\CCCCCCCCCCCCCCCCCC(=O)NC(COC1OC(CO)C(OC2OC(CO)C(O)C(O)C2O)C(O)C1O)C(O)/C=C/CCCCCCCCC. The highest BCUT2D eigenvalue weighted by Crippen LogP contribution is 2.30. The molecule has 0 bridgehead atoms. The average molecular weight is 1050 g/mol. The molecule has 12 unspecified atom stereocenters. The van der Waals surface area contributed by atoms with Crippen molar-refractivity contribution in [2.75, 3.05) is 19.8 Å². The van der Waals surface area contributed by atoms with E-state index >= 15 is 0 Å². The number of hydrogen-bond acceptors (Lipinski definition) is 13. The minimum atomic E-state index is -1.79. The van der Waals surface area contributed by atoms with Gasteiger partial charge in [0.15, 0.2) is 12.6 Å². The van der Waals surface area contributed by atoms with Crippen LogP contribution in [0.25, 0.3) is 0 Å². The summed E-state index contributed by atoms with van der Waals surface area (Å²) in [5.41, 5.74) is 0. The van der Waals surface area contributed by atoms with Crippen LogP contribution in [0.2, 0.25) is 0 Å². The van der Waals surface area contributed by atoms with Gasteiger partial charge in [0, 0.05) is 6.42 Å². The maximum atomic E-state index is 13.2. The van der Waals surface area contributed by atoms with E-state index in [0.717, 1.165) is 77.0 Å². The van der Waals surface area contributed by atoms with Gasteiger partial charge >= 0.3 is 0 Å². The average Bonchev–Trinajstić information content (AvgIpc) is 3.40. The topological polar surface area (TPSA) is 228 Å². The molecule has 14 nitrogen and oxygen atoms in total. The number of aliphatic hydroxyl groups excluding tert-OH is 8. The van der Waals surface area contributed by atoms with Crippen molar-refractivity contribution in [3.63, 3.8) is 0 Å². The van der Waals surface area contributed by atoms with Crippen molar-refractivity contribution < 1.29 is 64.6 Å². The van der Waals surface area contributed by atoms with Gasteiger partial charge in [0.1, 0.15) is 48.8 Å². The molecule has 2 aliphatic rings. The fourth-order valence-electron chi connectivity index (χ4n) is 9.20. The number of hydrogen-bond donors (Lipinski definition) is 9. The van der Waals surface area contributed by atoms with E-state index in [1.165, 1.54) is 103 Å². The maximum Gasteiger partial charge on any atom is 0.220 e. The Balaban J connectivity index is 1.64. The smallest absolute Gasteiger partial charge is 0.220 e. The van der Waals surface area contributed by atoms with Crippen molar-refractivity contribution in [2.24, 2.45) is 0 Å².